The van der Waals surface area contributed by atoms with Crippen LogP contribution in [0.1, 0.15) is 32.1 Å². The molecule has 0 saturated carbocycles. The third-order valence-electron chi connectivity index (χ3n) is 4.58. The van der Waals surface area contributed by atoms with E-state index in [1.807, 2.05) is 0 Å². The van der Waals surface area contributed by atoms with E-state index in [2.05, 4.69) is 25.6 Å². The van der Waals surface area contributed by atoms with Crippen molar-refractivity contribution in [1.29, 1.82) is 0 Å². The molecule has 3 rings (SSSR count). The monoisotopic (exact) mass is 320 g/mol. The van der Waals surface area contributed by atoms with Crippen LogP contribution in [-0.2, 0) is 16.1 Å². The highest BCUT2D eigenvalue weighted by Gasteiger charge is 2.28. The molecule has 126 valence electrons. The average Bonchev–Trinajstić information content (AvgIpc) is 3.14. The largest absolute Gasteiger partial charge is 0.354 e. The molecule has 0 bridgehead atoms. The molecule has 2 saturated heterocycles. The molecule has 1 aromatic heterocycles. The van der Waals surface area contributed by atoms with Crippen LogP contribution in [0.2, 0.25) is 0 Å². The van der Waals surface area contributed by atoms with Crippen LogP contribution >= 0.6 is 0 Å². The first-order valence-electron chi connectivity index (χ1n) is 8.36. The van der Waals surface area contributed by atoms with Crippen LogP contribution in [0.4, 0.5) is 0 Å². The van der Waals surface area contributed by atoms with Gasteiger partial charge in [0, 0.05) is 12.6 Å². The fraction of sp³-hybridized carbons (Fsp3) is 0.733. The Morgan fingerprint density at radius 3 is 3.09 bits per heavy atom. The minimum absolute atomic E-state index is 0.0589. The predicted molar refractivity (Wildman–Crippen MR) is 83.4 cm³/mol. The molecule has 8 nitrogen and oxygen atoms in total. The summed E-state index contributed by atoms with van der Waals surface area (Å²) in [5.41, 5.74) is 0. The molecule has 2 amide bonds. The van der Waals surface area contributed by atoms with Crippen LogP contribution in [0.25, 0.3) is 0 Å². The second-order valence-electron chi connectivity index (χ2n) is 6.29. The van der Waals surface area contributed by atoms with Crippen LogP contribution in [0.5, 0.6) is 0 Å². The van der Waals surface area contributed by atoms with E-state index >= 15 is 0 Å². The number of aromatic nitrogens is 3. The third-order valence-corrected chi connectivity index (χ3v) is 4.58. The Balaban J connectivity index is 1.51. The van der Waals surface area contributed by atoms with Gasteiger partial charge in [0.05, 0.1) is 13.1 Å². The van der Waals surface area contributed by atoms with Crippen LogP contribution < -0.4 is 10.6 Å². The minimum atomic E-state index is -0.388. The third kappa shape index (κ3) is 4.28. The maximum atomic E-state index is 12.3. The first kappa shape index (κ1) is 15.9. The highest BCUT2D eigenvalue weighted by molar-refractivity contribution is 5.88. The van der Waals surface area contributed by atoms with Gasteiger partial charge in [0.2, 0.25) is 11.8 Å². The van der Waals surface area contributed by atoms with Crippen molar-refractivity contribution in [2.24, 2.45) is 0 Å². The molecule has 1 aromatic rings. The molecule has 0 aromatic carbocycles. The molecule has 8 heteroatoms. The number of hydrogen-bond acceptors (Lipinski definition) is 5. The van der Waals surface area contributed by atoms with Crippen molar-refractivity contribution < 1.29 is 9.59 Å². The number of carbonyl (C=O) groups excluding carboxylic acids is 2. The van der Waals surface area contributed by atoms with Gasteiger partial charge in [0.15, 0.2) is 0 Å². The molecule has 0 spiro atoms. The lowest BCUT2D eigenvalue weighted by molar-refractivity contribution is -0.129. The van der Waals surface area contributed by atoms with Gasteiger partial charge in [-0.3, -0.25) is 19.2 Å². The molecule has 3 heterocycles. The molecule has 2 N–H and O–H groups in total. The van der Waals surface area contributed by atoms with Crippen molar-refractivity contribution in [3.8, 4) is 0 Å². The molecule has 2 aliphatic heterocycles. The zero-order valence-corrected chi connectivity index (χ0v) is 13.3. The van der Waals surface area contributed by atoms with E-state index < -0.39 is 0 Å². The number of amides is 2. The molecule has 2 atom stereocenters. The highest BCUT2D eigenvalue weighted by Crippen LogP contribution is 2.18. The number of nitrogens with one attached hydrogen (secondary N) is 2. The lowest BCUT2D eigenvalue weighted by atomic mass is 10.1. The van der Waals surface area contributed by atoms with Crippen molar-refractivity contribution in [3.05, 3.63) is 12.7 Å². The second kappa shape index (κ2) is 7.54. The van der Waals surface area contributed by atoms with E-state index in [0.717, 1.165) is 45.2 Å². The molecule has 0 radical (unpaired) electrons. The first-order chi connectivity index (χ1) is 11.2. The number of hydrogen-bond donors (Lipinski definition) is 2. The lowest BCUT2D eigenvalue weighted by Gasteiger charge is -2.24. The van der Waals surface area contributed by atoms with Gasteiger partial charge in [-0.25, -0.2) is 4.98 Å². The Bertz CT molecular complexity index is 532. The van der Waals surface area contributed by atoms with Gasteiger partial charge in [0.1, 0.15) is 18.7 Å². The molecule has 23 heavy (non-hydrogen) atoms. The van der Waals surface area contributed by atoms with Gasteiger partial charge in [-0.05, 0) is 38.6 Å². The summed E-state index contributed by atoms with van der Waals surface area (Å²) in [5.74, 6) is -0.131. The van der Waals surface area contributed by atoms with E-state index in [9.17, 15) is 9.59 Å². The summed E-state index contributed by atoms with van der Waals surface area (Å²) in [6, 6.07) is -0.0909. The van der Waals surface area contributed by atoms with Gasteiger partial charge in [0.25, 0.3) is 0 Å². The zero-order valence-electron chi connectivity index (χ0n) is 13.3. The van der Waals surface area contributed by atoms with Crippen LogP contribution in [0.15, 0.2) is 12.7 Å². The first-order valence-corrected chi connectivity index (χ1v) is 8.36. The molecule has 0 aliphatic carbocycles. The second-order valence-corrected chi connectivity index (χ2v) is 6.29. The summed E-state index contributed by atoms with van der Waals surface area (Å²) in [7, 11) is 0. The summed E-state index contributed by atoms with van der Waals surface area (Å²) >= 11 is 0. The summed E-state index contributed by atoms with van der Waals surface area (Å²) in [6.45, 7) is 2.70. The van der Waals surface area contributed by atoms with Crippen LogP contribution in [-0.4, -0.2) is 63.2 Å². The fourth-order valence-electron chi connectivity index (χ4n) is 3.35. The van der Waals surface area contributed by atoms with Gasteiger partial charge in [-0.15, -0.1) is 0 Å². The Hall–Kier alpha value is -1.96. The van der Waals surface area contributed by atoms with E-state index in [1.54, 1.807) is 11.0 Å². The predicted octanol–water partition coefficient (Wildman–Crippen LogP) is -0.473. The van der Waals surface area contributed by atoms with E-state index in [4.69, 9.17) is 0 Å². The molecule has 0 unspecified atom stereocenters. The summed E-state index contributed by atoms with van der Waals surface area (Å²) in [5, 5.41) is 9.87. The smallest absolute Gasteiger partial charge is 0.242 e. The maximum absolute atomic E-state index is 12.3. The van der Waals surface area contributed by atoms with Crippen molar-refractivity contribution in [2.45, 2.75) is 50.7 Å². The lowest BCUT2D eigenvalue weighted by Crippen LogP contribution is -2.49. The Morgan fingerprint density at radius 2 is 2.26 bits per heavy atom. The summed E-state index contributed by atoms with van der Waals surface area (Å²) < 4.78 is 1.81. The molecular weight excluding hydrogens is 296 g/mol. The van der Waals surface area contributed by atoms with Crippen LogP contribution in [0.3, 0.4) is 0 Å². The summed E-state index contributed by atoms with van der Waals surface area (Å²) in [4.78, 5) is 30.3. The van der Waals surface area contributed by atoms with Crippen molar-refractivity contribution in [1.82, 2.24) is 30.3 Å². The quantitative estimate of drug-likeness (QED) is 0.765. The van der Waals surface area contributed by atoms with E-state index in [-0.39, 0.29) is 17.9 Å². The fourth-order valence-corrected chi connectivity index (χ4v) is 3.35. The average molecular weight is 320 g/mol. The van der Waals surface area contributed by atoms with Crippen molar-refractivity contribution >= 4 is 11.8 Å². The maximum Gasteiger partial charge on any atom is 0.242 e. The minimum Gasteiger partial charge on any atom is -0.354 e. The van der Waals surface area contributed by atoms with Gasteiger partial charge in [-0.2, -0.15) is 5.10 Å². The topological polar surface area (TPSA) is 92.2 Å². The number of nitrogens with zero attached hydrogens (tertiary/aromatic N) is 4. The van der Waals surface area contributed by atoms with Crippen molar-refractivity contribution in [3.63, 3.8) is 0 Å². The van der Waals surface area contributed by atoms with Gasteiger partial charge >= 0.3 is 0 Å². The zero-order chi connectivity index (χ0) is 16.1. The highest BCUT2D eigenvalue weighted by atomic mass is 16.2. The number of carbonyl (C=O) groups is 2. The Kier molecular flexibility index (Phi) is 5.22. The van der Waals surface area contributed by atoms with E-state index in [0.29, 0.717) is 19.1 Å². The molecule has 2 aliphatic rings. The van der Waals surface area contributed by atoms with E-state index in [1.165, 1.54) is 6.33 Å². The van der Waals surface area contributed by atoms with Crippen molar-refractivity contribution in [2.75, 3.05) is 19.6 Å². The molecule has 2 fully saturated rings. The van der Waals surface area contributed by atoms with Gasteiger partial charge < -0.3 is 10.6 Å². The number of likely N-dealkylation sites (tertiary alicyclic amines) is 1. The standard InChI is InChI=1S/C15H24N6O2/c22-14(19-13-5-1-2-6-17-15(13)23)9-20-7-3-4-12(20)8-21-11-16-10-18-21/h10-13H,1-9H2,(H,17,23)(H,19,22)/t12-,13-/m0/s1. The number of rotatable bonds is 5. The SMILES string of the molecule is O=C(CN1CCC[C@H]1Cn1cncn1)N[C@H]1CCCCNC1=O. The normalized spacial score (nSPS) is 25.8. The van der Waals surface area contributed by atoms with Crippen LogP contribution in [0, 0.1) is 0 Å². The summed E-state index contributed by atoms with van der Waals surface area (Å²) in [6.07, 6.45) is 8.02. The Morgan fingerprint density at radius 1 is 1.35 bits per heavy atom. The Labute approximate surface area is 135 Å². The van der Waals surface area contributed by atoms with Gasteiger partial charge in [-0.1, -0.05) is 0 Å². The molecular formula is C15H24N6O2.